The molecule has 0 aliphatic carbocycles. The maximum absolute atomic E-state index is 11.2. The van der Waals surface area contributed by atoms with Crippen LogP contribution in [-0.2, 0) is 0 Å². The lowest BCUT2D eigenvalue weighted by Crippen LogP contribution is -2.24. The summed E-state index contributed by atoms with van der Waals surface area (Å²) < 4.78 is 1.87. The Morgan fingerprint density at radius 2 is 2.35 bits per heavy atom. The molecule has 90 valence electrons. The number of carbonyl (C=O) groups excluding carboxylic acids is 1. The van der Waals surface area contributed by atoms with Gasteiger partial charge in [0.25, 0.3) is 0 Å². The van der Waals surface area contributed by atoms with Crippen LogP contribution < -0.4 is 4.90 Å². The molecule has 1 aliphatic rings. The van der Waals surface area contributed by atoms with E-state index >= 15 is 0 Å². The van der Waals surface area contributed by atoms with Gasteiger partial charge < -0.3 is 4.90 Å². The Morgan fingerprint density at radius 1 is 1.53 bits per heavy atom. The van der Waals surface area contributed by atoms with Crippen LogP contribution in [0.3, 0.4) is 0 Å². The molecule has 0 saturated carbocycles. The number of imidazole rings is 1. The molecule has 0 aromatic carbocycles. The maximum atomic E-state index is 11.2. The summed E-state index contributed by atoms with van der Waals surface area (Å²) in [6.07, 6.45) is 3.96. The van der Waals surface area contributed by atoms with E-state index in [1.54, 1.807) is 11.3 Å². The van der Waals surface area contributed by atoms with Gasteiger partial charge in [-0.05, 0) is 11.8 Å². The van der Waals surface area contributed by atoms with Gasteiger partial charge in [-0.2, -0.15) is 0 Å². The van der Waals surface area contributed by atoms with Gasteiger partial charge in [0.15, 0.2) is 17.1 Å². The third kappa shape index (κ3) is 1.65. The Labute approximate surface area is 104 Å². The number of hydrogen-bond donors (Lipinski definition) is 0. The van der Waals surface area contributed by atoms with Crippen molar-refractivity contribution in [3.05, 3.63) is 17.3 Å². The molecule has 0 spiro atoms. The highest BCUT2D eigenvalue weighted by Crippen LogP contribution is 2.34. The Morgan fingerprint density at radius 3 is 3.00 bits per heavy atom. The van der Waals surface area contributed by atoms with E-state index < -0.39 is 0 Å². The first-order chi connectivity index (χ1) is 8.11. The monoisotopic (exact) mass is 249 g/mol. The highest BCUT2D eigenvalue weighted by molar-refractivity contribution is 7.15. The van der Waals surface area contributed by atoms with Crippen molar-refractivity contribution in [1.82, 2.24) is 9.38 Å². The molecule has 0 unspecified atom stereocenters. The average Bonchev–Trinajstić information content (AvgIpc) is 2.89. The van der Waals surface area contributed by atoms with Gasteiger partial charge in [0.05, 0.1) is 0 Å². The Kier molecular flexibility index (Phi) is 2.26. The smallest absolute Gasteiger partial charge is 0.196 e. The van der Waals surface area contributed by atoms with Crippen molar-refractivity contribution in [2.75, 3.05) is 18.0 Å². The second kappa shape index (κ2) is 3.57. The first-order valence-corrected chi connectivity index (χ1v) is 6.64. The van der Waals surface area contributed by atoms with Gasteiger partial charge in [-0.3, -0.25) is 9.20 Å². The molecule has 2 aromatic rings. The molecule has 4 nitrogen and oxygen atoms in total. The van der Waals surface area contributed by atoms with Gasteiger partial charge >= 0.3 is 0 Å². The minimum atomic E-state index is 0.317. The second-order valence-corrected chi connectivity index (χ2v) is 6.20. The fraction of sp³-hybridized carbons (Fsp3) is 0.500. The lowest BCUT2D eigenvalue weighted by Gasteiger charge is -2.19. The summed E-state index contributed by atoms with van der Waals surface area (Å²) in [5.41, 5.74) is 0.996. The van der Waals surface area contributed by atoms with Crippen LogP contribution in [-0.4, -0.2) is 28.8 Å². The van der Waals surface area contributed by atoms with Crippen LogP contribution in [0.4, 0.5) is 5.82 Å². The molecule has 5 heteroatoms. The third-order valence-corrected chi connectivity index (χ3v) is 4.12. The maximum Gasteiger partial charge on any atom is 0.196 e. The largest absolute Gasteiger partial charge is 0.354 e. The third-order valence-electron chi connectivity index (χ3n) is 3.37. The summed E-state index contributed by atoms with van der Waals surface area (Å²) in [4.78, 5) is 18.9. The van der Waals surface area contributed by atoms with Crippen molar-refractivity contribution in [2.45, 2.75) is 20.3 Å². The molecule has 0 bridgehead atoms. The summed E-state index contributed by atoms with van der Waals surface area (Å²) in [5, 5.41) is 1.95. The first kappa shape index (κ1) is 10.8. The van der Waals surface area contributed by atoms with E-state index in [1.807, 2.05) is 16.0 Å². The Bertz CT molecular complexity index is 569. The molecule has 17 heavy (non-hydrogen) atoms. The van der Waals surface area contributed by atoms with Crippen molar-refractivity contribution >= 4 is 28.4 Å². The average molecular weight is 249 g/mol. The van der Waals surface area contributed by atoms with Gasteiger partial charge in [0.2, 0.25) is 0 Å². The Balaban J connectivity index is 2.05. The zero-order valence-corrected chi connectivity index (χ0v) is 10.8. The topological polar surface area (TPSA) is 37.6 Å². The van der Waals surface area contributed by atoms with Crippen molar-refractivity contribution in [3.63, 3.8) is 0 Å². The molecule has 0 atom stereocenters. The molecule has 0 radical (unpaired) electrons. The molecular weight excluding hydrogens is 234 g/mol. The molecule has 0 amide bonds. The zero-order chi connectivity index (χ0) is 12.0. The summed E-state index contributed by atoms with van der Waals surface area (Å²) in [7, 11) is 0. The predicted molar refractivity (Wildman–Crippen MR) is 69.1 cm³/mol. The number of anilines is 1. The first-order valence-electron chi connectivity index (χ1n) is 5.76. The quantitative estimate of drug-likeness (QED) is 0.767. The standard InChI is InChI=1S/C12H15N3OS/c1-12(2)3-4-14(8-12)10-9(7-16)15-5-6-17-11(15)13-10/h5-7H,3-4,8H2,1-2H3. The van der Waals surface area contributed by atoms with Crippen LogP contribution in [0.15, 0.2) is 11.6 Å². The molecule has 1 fully saturated rings. The molecule has 1 saturated heterocycles. The van der Waals surface area contributed by atoms with E-state index in [0.29, 0.717) is 11.1 Å². The minimum Gasteiger partial charge on any atom is -0.354 e. The molecule has 2 aromatic heterocycles. The normalized spacial score (nSPS) is 19.1. The molecule has 3 rings (SSSR count). The number of aromatic nitrogens is 2. The van der Waals surface area contributed by atoms with Gasteiger partial charge in [-0.1, -0.05) is 13.8 Å². The predicted octanol–water partition coefficient (Wildman–Crippen LogP) is 2.44. The number of aldehydes is 1. The SMILES string of the molecule is CC1(C)CCN(c2nc3sccn3c2C=O)C1. The lowest BCUT2D eigenvalue weighted by atomic mass is 9.93. The van der Waals surface area contributed by atoms with Crippen molar-refractivity contribution in [2.24, 2.45) is 5.41 Å². The van der Waals surface area contributed by atoms with Crippen molar-refractivity contribution in [1.29, 1.82) is 0 Å². The number of hydrogen-bond acceptors (Lipinski definition) is 4. The fourth-order valence-electron chi connectivity index (χ4n) is 2.43. The van der Waals surface area contributed by atoms with Gasteiger partial charge in [0.1, 0.15) is 5.69 Å². The number of nitrogens with zero attached hydrogens (tertiary/aromatic N) is 3. The minimum absolute atomic E-state index is 0.317. The summed E-state index contributed by atoms with van der Waals surface area (Å²) in [6.45, 7) is 6.47. The number of thiazole rings is 1. The van der Waals surface area contributed by atoms with E-state index in [9.17, 15) is 4.79 Å². The fourth-order valence-corrected chi connectivity index (χ4v) is 3.14. The summed E-state index contributed by atoms with van der Waals surface area (Å²) in [6, 6.07) is 0. The molecule has 3 heterocycles. The zero-order valence-electron chi connectivity index (χ0n) is 10.0. The van der Waals surface area contributed by atoms with Gasteiger partial charge in [-0.15, -0.1) is 11.3 Å². The van der Waals surface area contributed by atoms with Crippen molar-refractivity contribution in [3.8, 4) is 0 Å². The number of carbonyl (C=O) groups is 1. The molecule has 1 aliphatic heterocycles. The van der Waals surface area contributed by atoms with Crippen LogP contribution in [0.1, 0.15) is 30.8 Å². The van der Waals surface area contributed by atoms with Crippen LogP contribution in [0.2, 0.25) is 0 Å². The summed E-state index contributed by atoms with van der Waals surface area (Å²) >= 11 is 1.56. The highest BCUT2D eigenvalue weighted by atomic mass is 32.1. The van der Waals surface area contributed by atoms with E-state index in [2.05, 4.69) is 23.7 Å². The second-order valence-electron chi connectivity index (χ2n) is 5.33. The van der Waals surface area contributed by atoms with Crippen LogP contribution >= 0.6 is 11.3 Å². The van der Waals surface area contributed by atoms with Crippen LogP contribution in [0.5, 0.6) is 0 Å². The van der Waals surface area contributed by atoms with E-state index in [0.717, 1.165) is 36.6 Å². The molecular formula is C12H15N3OS. The van der Waals surface area contributed by atoms with Crippen LogP contribution in [0.25, 0.3) is 4.96 Å². The van der Waals surface area contributed by atoms with E-state index in [4.69, 9.17) is 0 Å². The van der Waals surface area contributed by atoms with Crippen molar-refractivity contribution < 1.29 is 4.79 Å². The summed E-state index contributed by atoms with van der Waals surface area (Å²) in [5.74, 6) is 0.845. The van der Waals surface area contributed by atoms with E-state index in [-0.39, 0.29) is 0 Å². The van der Waals surface area contributed by atoms with Crippen LogP contribution in [0, 0.1) is 5.41 Å². The molecule has 0 N–H and O–H groups in total. The lowest BCUT2D eigenvalue weighted by molar-refractivity contribution is 0.111. The number of rotatable bonds is 2. The van der Waals surface area contributed by atoms with Gasteiger partial charge in [0, 0.05) is 24.7 Å². The highest BCUT2D eigenvalue weighted by Gasteiger charge is 2.32. The Hall–Kier alpha value is -1.36. The van der Waals surface area contributed by atoms with E-state index in [1.165, 1.54) is 0 Å². The van der Waals surface area contributed by atoms with Gasteiger partial charge in [-0.25, -0.2) is 4.98 Å². The number of fused-ring (bicyclic) bond motifs is 1.